The van der Waals surface area contributed by atoms with Crippen LogP contribution in [0, 0.1) is 6.92 Å². The lowest BCUT2D eigenvalue weighted by Crippen LogP contribution is -2.38. The molecular formula is C18H23N3OS. The van der Waals surface area contributed by atoms with Crippen LogP contribution in [0.25, 0.3) is 0 Å². The van der Waals surface area contributed by atoms with Crippen LogP contribution in [0.5, 0.6) is 0 Å². The fourth-order valence-corrected chi connectivity index (χ4v) is 4.14. The van der Waals surface area contributed by atoms with Crippen LogP contribution < -0.4 is 5.32 Å². The van der Waals surface area contributed by atoms with Crippen molar-refractivity contribution in [2.45, 2.75) is 45.2 Å². The van der Waals surface area contributed by atoms with Crippen molar-refractivity contribution in [3.8, 4) is 0 Å². The molecule has 0 atom stereocenters. The van der Waals surface area contributed by atoms with Gasteiger partial charge in [0.2, 0.25) is 0 Å². The van der Waals surface area contributed by atoms with Gasteiger partial charge >= 0.3 is 0 Å². The number of nitrogens with one attached hydrogen (secondary N) is 1. The Hall–Kier alpha value is -1.88. The molecule has 2 aromatic rings. The van der Waals surface area contributed by atoms with Gasteiger partial charge in [0.15, 0.2) is 0 Å². The van der Waals surface area contributed by atoms with Crippen LogP contribution in [0.1, 0.15) is 46.5 Å². The van der Waals surface area contributed by atoms with Crippen LogP contribution in [0.3, 0.4) is 0 Å². The second-order valence-electron chi connectivity index (χ2n) is 6.05. The lowest BCUT2D eigenvalue weighted by molar-refractivity contribution is 0.0667. The van der Waals surface area contributed by atoms with Crippen molar-refractivity contribution in [3.63, 3.8) is 0 Å². The zero-order valence-electron chi connectivity index (χ0n) is 13.7. The quantitative estimate of drug-likeness (QED) is 0.899. The molecule has 5 heteroatoms. The predicted molar refractivity (Wildman–Crippen MR) is 95.0 cm³/mol. The molecule has 23 heavy (non-hydrogen) atoms. The molecule has 2 heterocycles. The van der Waals surface area contributed by atoms with Gasteiger partial charge in [0, 0.05) is 24.2 Å². The number of amides is 1. The van der Waals surface area contributed by atoms with Crippen LogP contribution in [0.2, 0.25) is 0 Å². The monoisotopic (exact) mass is 329 g/mol. The first-order chi connectivity index (χ1) is 11.2. The lowest BCUT2D eigenvalue weighted by Gasteiger charge is -2.29. The number of pyridine rings is 1. The number of thiophene rings is 1. The van der Waals surface area contributed by atoms with Gasteiger partial charge in [0.1, 0.15) is 5.82 Å². The average molecular weight is 329 g/mol. The topological polar surface area (TPSA) is 45.2 Å². The van der Waals surface area contributed by atoms with E-state index in [9.17, 15) is 4.79 Å². The third-order valence-corrected chi connectivity index (χ3v) is 5.59. The minimum absolute atomic E-state index is 0.0853. The number of aromatic nitrogens is 1. The van der Waals surface area contributed by atoms with Gasteiger partial charge in [0.25, 0.3) is 5.91 Å². The number of nitrogens with zero attached hydrogens (tertiary/aromatic N) is 2. The number of rotatable bonds is 5. The van der Waals surface area contributed by atoms with Crippen molar-refractivity contribution in [2.75, 3.05) is 12.4 Å². The van der Waals surface area contributed by atoms with Gasteiger partial charge in [-0.3, -0.25) is 4.79 Å². The van der Waals surface area contributed by atoms with Crippen LogP contribution in [-0.4, -0.2) is 28.9 Å². The summed E-state index contributed by atoms with van der Waals surface area (Å²) in [6.07, 6.45) is 6.34. The summed E-state index contributed by atoms with van der Waals surface area (Å²) in [4.78, 5) is 20.8. The highest BCUT2D eigenvalue weighted by Gasteiger charge is 2.29. The Morgan fingerprint density at radius 2 is 2.17 bits per heavy atom. The molecule has 3 rings (SSSR count). The molecule has 0 aromatic carbocycles. The summed E-state index contributed by atoms with van der Waals surface area (Å²) in [5, 5.41) is 5.14. The molecule has 1 N–H and O–H groups in total. The Labute approximate surface area is 141 Å². The van der Waals surface area contributed by atoms with E-state index in [1.165, 1.54) is 23.3 Å². The van der Waals surface area contributed by atoms with E-state index in [0.717, 1.165) is 12.8 Å². The maximum Gasteiger partial charge on any atom is 0.258 e. The number of carbonyl (C=O) groups excluding carboxylic acids is 1. The molecule has 1 aliphatic rings. The molecule has 122 valence electrons. The Morgan fingerprint density at radius 1 is 1.39 bits per heavy atom. The summed E-state index contributed by atoms with van der Waals surface area (Å²) >= 11 is 1.73. The molecule has 1 aliphatic carbocycles. The fraction of sp³-hybridized carbons (Fsp3) is 0.444. The van der Waals surface area contributed by atoms with Crippen LogP contribution >= 0.6 is 11.3 Å². The lowest BCUT2D eigenvalue weighted by atomic mass is 10.1. The molecule has 2 aromatic heterocycles. The largest absolute Gasteiger partial charge is 0.372 e. The molecule has 0 aliphatic heterocycles. The third kappa shape index (κ3) is 3.39. The molecule has 0 saturated heterocycles. The van der Waals surface area contributed by atoms with E-state index in [0.29, 0.717) is 24.0 Å². The van der Waals surface area contributed by atoms with E-state index in [1.807, 2.05) is 19.2 Å². The maximum atomic E-state index is 13.2. The van der Waals surface area contributed by atoms with Crippen molar-refractivity contribution >= 4 is 23.1 Å². The van der Waals surface area contributed by atoms with E-state index in [-0.39, 0.29) is 5.91 Å². The Kier molecular flexibility index (Phi) is 4.96. The number of anilines is 1. The van der Waals surface area contributed by atoms with Crippen LogP contribution in [-0.2, 0) is 6.54 Å². The summed E-state index contributed by atoms with van der Waals surface area (Å²) in [6.45, 7) is 2.82. The SMILES string of the molecule is CNc1ncccc1C(=O)N(Cc1sccc1C)C1CCCC1. The maximum absolute atomic E-state index is 13.2. The number of hydrogen-bond acceptors (Lipinski definition) is 4. The van der Waals surface area contributed by atoms with Gasteiger partial charge < -0.3 is 10.2 Å². The van der Waals surface area contributed by atoms with E-state index >= 15 is 0 Å². The van der Waals surface area contributed by atoms with Crippen molar-refractivity contribution in [2.24, 2.45) is 0 Å². The van der Waals surface area contributed by atoms with E-state index < -0.39 is 0 Å². The third-order valence-electron chi connectivity index (χ3n) is 4.58. The van der Waals surface area contributed by atoms with E-state index in [4.69, 9.17) is 0 Å². The van der Waals surface area contributed by atoms with Crippen molar-refractivity contribution in [1.29, 1.82) is 0 Å². The second kappa shape index (κ2) is 7.13. The van der Waals surface area contributed by atoms with Crippen LogP contribution in [0.15, 0.2) is 29.8 Å². The molecule has 4 nitrogen and oxygen atoms in total. The predicted octanol–water partition coefficient (Wildman–Crippen LogP) is 4.08. The van der Waals surface area contributed by atoms with E-state index in [2.05, 4.69) is 33.6 Å². The van der Waals surface area contributed by atoms with Crippen LogP contribution in [0.4, 0.5) is 5.82 Å². The molecule has 0 radical (unpaired) electrons. The first kappa shape index (κ1) is 16.0. The summed E-state index contributed by atoms with van der Waals surface area (Å²) in [7, 11) is 1.81. The highest BCUT2D eigenvalue weighted by Crippen LogP contribution is 2.29. The fourth-order valence-electron chi connectivity index (χ4n) is 3.24. The molecule has 0 unspecified atom stereocenters. The second-order valence-corrected chi connectivity index (χ2v) is 7.05. The Balaban J connectivity index is 1.91. The van der Waals surface area contributed by atoms with Crippen molar-refractivity contribution in [1.82, 2.24) is 9.88 Å². The number of aryl methyl sites for hydroxylation is 1. The first-order valence-electron chi connectivity index (χ1n) is 8.17. The standard InChI is InChI=1S/C18H23N3OS/c1-13-9-11-23-16(13)12-21(14-6-3-4-7-14)18(22)15-8-5-10-20-17(15)19-2/h5,8-11,14H,3-4,6-7,12H2,1-2H3,(H,19,20). The van der Waals surface area contributed by atoms with Gasteiger partial charge in [-0.25, -0.2) is 4.98 Å². The number of hydrogen-bond donors (Lipinski definition) is 1. The molecular weight excluding hydrogens is 306 g/mol. The van der Waals surface area contributed by atoms with Gasteiger partial charge in [-0.05, 0) is 48.9 Å². The molecule has 1 fully saturated rings. The zero-order valence-corrected chi connectivity index (χ0v) is 14.5. The molecule has 1 saturated carbocycles. The number of carbonyl (C=O) groups is 1. The first-order valence-corrected chi connectivity index (χ1v) is 9.05. The van der Waals surface area contributed by atoms with Gasteiger partial charge in [-0.15, -0.1) is 11.3 Å². The normalized spacial score (nSPS) is 14.9. The Bertz CT molecular complexity index is 676. The summed E-state index contributed by atoms with van der Waals surface area (Å²) in [5.74, 6) is 0.741. The smallest absolute Gasteiger partial charge is 0.258 e. The summed E-state index contributed by atoms with van der Waals surface area (Å²) < 4.78 is 0. The van der Waals surface area contributed by atoms with Gasteiger partial charge in [0.05, 0.1) is 12.1 Å². The van der Waals surface area contributed by atoms with Crippen molar-refractivity contribution in [3.05, 3.63) is 45.8 Å². The summed E-state index contributed by atoms with van der Waals surface area (Å²) in [5.41, 5.74) is 1.93. The average Bonchev–Trinajstić information content (AvgIpc) is 3.24. The van der Waals surface area contributed by atoms with E-state index in [1.54, 1.807) is 17.5 Å². The minimum atomic E-state index is 0.0853. The van der Waals surface area contributed by atoms with Gasteiger partial charge in [-0.1, -0.05) is 12.8 Å². The van der Waals surface area contributed by atoms with Gasteiger partial charge in [-0.2, -0.15) is 0 Å². The molecule has 0 bridgehead atoms. The highest BCUT2D eigenvalue weighted by molar-refractivity contribution is 7.10. The highest BCUT2D eigenvalue weighted by atomic mass is 32.1. The minimum Gasteiger partial charge on any atom is -0.372 e. The molecule has 1 amide bonds. The zero-order chi connectivity index (χ0) is 16.2. The van der Waals surface area contributed by atoms with Crippen molar-refractivity contribution < 1.29 is 4.79 Å². The summed E-state index contributed by atoms with van der Waals surface area (Å²) in [6, 6.07) is 6.16. The Morgan fingerprint density at radius 3 is 2.83 bits per heavy atom. The molecule has 0 spiro atoms.